The van der Waals surface area contributed by atoms with Crippen molar-refractivity contribution in [3.05, 3.63) is 46.7 Å². The van der Waals surface area contributed by atoms with E-state index in [4.69, 9.17) is 26.8 Å². The van der Waals surface area contributed by atoms with Crippen molar-refractivity contribution in [2.24, 2.45) is 5.73 Å². The van der Waals surface area contributed by atoms with Crippen LogP contribution in [0.15, 0.2) is 30.3 Å². The van der Waals surface area contributed by atoms with Gasteiger partial charge in [0.05, 0.1) is 14.2 Å². The summed E-state index contributed by atoms with van der Waals surface area (Å²) in [6.07, 6.45) is 0. The normalized spacial score (nSPS) is 10.4. The Bertz CT molecular complexity index is 632. The maximum absolute atomic E-state index is 13.5. The average Bonchev–Trinajstić information content (AvgIpc) is 2.46. The van der Waals surface area contributed by atoms with Gasteiger partial charge in [-0.05, 0) is 35.4 Å². The second-order valence-electron chi connectivity index (χ2n) is 4.17. The van der Waals surface area contributed by atoms with E-state index in [0.717, 1.165) is 5.56 Å². The minimum atomic E-state index is -0.341. The van der Waals surface area contributed by atoms with Crippen LogP contribution in [0.1, 0.15) is 5.56 Å². The summed E-state index contributed by atoms with van der Waals surface area (Å²) in [5, 5.41) is 0.347. The first-order chi connectivity index (χ1) is 9.62. The molecule has 5 heteroatoms. The Kier molecular flexibility index (Phi) is 4.47. The van der Waals surface area contributed by atoms with Crippen molar-refractivity contribution < 1.29 is 13.9 Å². The zero-order valence-electron chi connectivity index (χ0n) is 11.2. The average molecular weight is 296 g/mol. The lowest BCUT2D eigenvalue weighted by molar-refractivity contribution is 0.396. The molecule has 20 heavy (non-hydrogen) atoms. The van der Waals surface area contributed by atoms with Gasteiger partial charge in [0.25, 0.3) is 0 Å². The van der Waals surface area contributed by atoms with Gasteiger partial charge >= 0.3 is 0 Å². The molecule has 2 aromatic rings. The molecule has 0 aliphatic carbocycles. The number of hydrogen-bond acceptors (Lipinski definition) is 3. The highest BCUT2D eigenvalue weighted by Gasteiger charge is 2.17. The molecule has 0 bridgehead atoms. The molecule has 0 heterocycles. The first-order valence-electron chi connectivity index (χ1n) is 6.01. The summed E-state index contributed by atoms with van der Waals surface area (Å²) in [5.74, 6) is 0.593. The van der Waals surface area contributed by atoms with Crippen LogP contribution in [0, 0.1) is 5.82 Å². The van der Waals surface area contributed by atoms with Crippen molar-refractivity contribution in [3.8, 4) is 22.6 Å². The molecule has 0 radical (unpaired) electrons. The van der Waals surface area contributed by atoms with Crippen molar-refractivity contribution >= 4 is 11.6 Å². The van der Waals surface area contributed by atoms with Gasteiger partial charge in [0.2, 0.25) is 0 Å². The Hall–Kier alpha value is -1.78. The molecule has 0 aromatic heterocycles. The molecule has 106 valence electrons. The van der Waals surface area contributed by atoms with E-state index in [1.807, 2.05) is 0 Å². The monoisotopic (exact) mass is 295 g/mol. The fraction of sp³-hybridized carbons (Fsp3) is 0.200. The minimum absolute atomic E-state index is 0.294. The molecule has 0 aliphatic rings. The Balaban J connectivity index is 2.69. The Morgan fingerprint density at radius 1 is 1.10 bits per heavy atom. The summed E-state index contributed by atoms with van der Waals surface area (Å²) in [4.78, 5) is 0. The van der Waals surface area contributed by atoms with E-state index in [2.05, 4.69) is 0 Å². The van der Waals surface area contributed by atoms with Crippen LogP contribution < -0.4 is 15.2 Å². The van der Waals surface area contributed by atoms with E-state index in [1.54, 1.807) is 18.2 Å². The lowest BCUT2D eigenvalue weighted by Crippen LogP contribution is -2.01. The number of halogens is 2. The molecule has 0 atom stereocenters. The van der Waals surface area contributed by atoms with Crippen LogP contribution >= 0.6 is 11.6 Å². The summed E-state index contributed by atoms with van der Waals surface area (Å²) >= 11 is 6.22. The minimum Gasteiger partial charge on any atom is -0.495 e. The molecule has 3 nitrogen and oxygen atoms in total. The lowest BCUT2D eigenvalue weighted by Gasteiger charge is -2.15. The van der Waals surface area contributed by atoms with Crippen molar-refractivity contribution in [2.75, 3.05) is 14.2 Å². The topological polar surface area (TPSA) is 44.5 Å². The molecule has 0 saturated carbocycles. The van der Waals surface area contributed by atoms with Gasteiger partial charge in [-0.3, -0.25) is 0 Å². The van der Waals surface area contributed by atoms with E-state index in [0.29, 0.717) is 34.2 Å². The van der Waals surface area contributed by atoms with Crippen LogP contribution in [0.5, 0.6) is 11.5 Å². The van der Waals surface area contributed by atoms with Crippen LogP contribution in [0.25, 0.3) is 11.1 Å². The fourth-order valence-electron chi connectivity index (χ4n) is 2.08. The first-order valence-corrected chi connectivity index (χ1v) is 6.39. The van der Waals surface area contributed by atoms with Gasteiger partial charge in [-0.25, -0.2) is 4.39 Å². The van der Waals surface area contributed by atoms with E-state index >= 15 is 0 Å². The van der Waals surface area contributed by atoms with E-state index < -0.39 is 0 Å². The van der Waals surface area contributed by atoms with Gasteiger partial charge in [-0.1, -0.05) is 17.7 Å². The highest BCUT2D eigenvalue weighted by atomic mass is 35.5. The highest BCUT2D eigenvalue weighted by Crippen LogP contribution is 2.42. The molecular formula is C15H15ClFNO2. The van der Waals surface area contributed by atoms with Crippen LogP contribution in [-0.4, -0.2) is 14.2 Å². The highest BCUT2D eigenvalue weighted by molar-refractivity contribution is 6.34. The van der Waals surface area contributed by atoms with E-state index in [9.17, 15) is 4.39 Å². The standard InChI is InChI=1S/C15H15ClFNO2/c1-19-13-6-5-11(15(20-2)14(13)16)12-7-10(17)4-3-9(12)8-18/h3-7H,8,18H2,1-2H3. The Morgan fingerprint density at radius 2 is 1.85 bits per heavy atom. The van der Waals surface area contributed by atoms with Crippen molar-refractivity contribution in [1.82, 2.24) is 0 Å². The van der Waals surface area contributed by atoms with Gasteiger partial charge in [0.15, 0.2) is 0 Å². The van der Waals surface area contributed by atoms with Crippen molar-refractivity contribution in [1.29, 1.82) is 0 Å². The third-order valence-electron chi connectivity index (χ3n) is 3.07. The summed E-state index contributed by atoms with van der Waals surface area (Å²) in [5.41, 5.74) is 7.85. The molecule has 0 aliphatic heterocycles. The van der Waals surface area contributed by atoms with Crippen molar-refractivity contribution in [3.63, 3.8) is 0 Å². The van der Waals surface area contributed by atoms with E-state index in [-0.39, 0.29) is 5.82 Å². The number of benzene rings is 2. The largest absolute Gasteiger partial charge is 0.495 e. The van der Waals surface area contributed by atoms with Gasteiger partial charge < -0.3 is 15.2 Å². The zero-order valence-corrected chi connectivity index (χ0v) is 12.0. The predicted molar refractivity (Wildman–Crippen MR) is 77.8 cm³/mol. The summed E-state index contributed by atoms with van der Waals surface area (Å²) < 4.78 is 24.0. The van der Waals surface area contributed by atoms with Crippen LogP contribution in [0.2, 0.25) is 5.02 Å². The van der Waals surface area contributed by atoms with E-state index in [1.165, 1.54) is 26.4 Å². The molecule has 0 unspecified atom stereocenters. The zero-order chi connectivity index (χ0) is 14.7. The number of rotatable bonds is 4. The predicted octanol–water partition coefficient (Wildman–Crippen LogP) is 3.62. The maximum atomic E-state index is 13.5. The van der Waals surface area contributed by atoms with Crippen LogP contribution in [-0.2, 0) is 6.54 Å². The molecule has 2 N–H and O–H groups in total. The molecule has 0 fully saturated rings. The Labute approximate surface area is 122 Å². The second kappa shape index (κ2) is 6.11. The summed E-state index contributed by atoms with van der Waals surface area (Å²) in [6, 6.07) is 7.94. The smallest absolute Gasteiger partial charge is 0.149 e. The maximum Gasteiger partial charge on any atom is 0.149 e. The third kappa shape index (κ3) is 2.57. The number of methoxy groups -OCH3 is 2. The molecule has 2 aromatic carbocycles. The van der Waals surface area contributed by atoms with Gasteiger partial charge in [-0.2, -0.15) is 0 Å². The van der Waals surface area contributed by atoms with Gasteiger partial charge in [-0.15, -0.1) is 0 Å². The third-order valence-corrected chi connectivity index (χ3v) is 3.43. The number of hydrogen-bond donors (Lipinski definition) is 1. The van der Waals surface area contributed by atoms with Crippen LogP contribution in [0.3, 0.4) is 0 Å². The molecule has 0 spiro atoms. The summed E-state index contributed by atoms with van der Waals surface area (Å²) in [6.45, 7) is 0.294. The molecular weight excluding hydrogens is 281 g/mol. The second-order valence-corrected chi connectivity index (χ2v) is 4.55. The molecule has 0 saturated heterocycles. The van der Waals surface area contributed by atoms with Gasteiger partial charge in [0, 0.05) is 12.1 Å². The first kappa shape index (κ1) is 14.6. The molecule has 0 amide bonds. The fourth-order valence-corrected chi connectivity index (χ4v) is 2.40. The quantitative estimate of drug-likeness (QED) is 0.937. The van der Waals surface area contributed by atoms with Crippen LogP contribution in [0.4, 0.5) is 4.39 Å². The number of ether oxygens (including phenoxy) is 2. The SMILES string of the molecule is COc1ccc(-c2cc(F)ccc2CN)c(OC)c1Cl. The molecule has 2 rings (SSSR count). The van der Waals surface area contributed by atoms with Crippen molar-refractivity contribution in [2.45, 2.75) is 6.54 Å². The summed E-state index contributed by atoms with van der Waals surface area (Å²) in [7, 11) is 3.03. The Morgan fingerprint density at radius 3 is 2.45 bits per heavy atom. The lowest BCUT2D eigenvalue weighted by atomic mass is 9.98. The van der Waals surface area contributed by atoms with Gasteiger partial charge in [0.1, 0.15) is 22.3 Å². The number of nitrogens with two attached hydrogens (primary N) is 1.